The van der Waals surface area contributed by atoms with E-state index in [4.69, 9.17) is 9.47 Å². The number of nitrogens with zero attached hydrogens (tertiary/aromatic N) is 1. The van der Waals surface area contributed by atoms with E-state index in [0.29, 0.717) is 19.8 Å². The van der Waals surface area contributed by atoms with Crippen LogP contribution in [0.1, 0.15) is 24.0 Å². The molecule has 0 radical (unpaired) electrons. The van der Waals surface area contributed by atoms with E-state index in [9.17, 15) is 4.79 Å². The number of benzene rings is 3. The fraction of sp³-hybridized carbons (Fsp3) is 0.346. The van der Waals surface area contributed by atoms with Crippen LogP contribution < -0.4 is 10.1 Å². The quantitative estimate of drug-likeness (QED) is 0.531. The fourth-order valence-electron chi connectivity index (χ4n) is 4.02. The molecule has 1 heterocycles. The summed E-state index contributed by atoms with van der Waals surface area (Å²) in [6, 6.07) is 23.2. The third kappa shape index (κ3) is 5.84. The predicted octanol–water partition coefficient (Wildman–Crippen LogP) is 4.15. The van der Waals surface area contributed by atoms with E-state index in [2.05, 4.69) is 71.9 Å². The average molecular weight is 419 g/mol. The molecule has 1 aliphatic rings. The zero-order chi connectivity index (χ0) is 21.5. The van der Waals surface area contributed by atoms with Crippen molar-refractivity contribution < 1.29 is 14.3 Å². The van der Waals surface area contributed by atoms with E-state index in [1.165, 1.54) is 21.9 Å². The van der Waals surface area contributed by atoms with Crippen LogP contribution in [0.3, 0.4) is 0 Å². The Balaban J connectivity index is 1.23. The number of amides is 1. The molecule has 3 aromatic carbocycles. The van der Waals surface area contributed by atoms with Gasteiger partial charge in [0.1, 0.15) is 18.5 Å². The summed E-state index contributed by atoms with van der Waals surface area (Å²) in [5.74, 6) is 0.775. The third-order valence-corrected chi connectivity index (χ3v) is 5.59. The van der Waals surface area contributed by atoms with Crippen LogP contribution in [0.25, 0.3) is 10.8 Å². The second kappa shape index (κ2) is 10.4. The minimum absolute atomic E-state index is 0.0364. The van der Waals surface area contributed by atoms with Gasteiger partial charge in [-0.05, 0) is 53.9 Å². The van der Waals surface area contributed by atoms with Crippen LogP contribution in [0, 0.1) is 0 Å². The highest BCUT2D eigenvalue weighted by molar-refractivity contribution is 5.85. The lowest BCUT2D eigenvalue weighted by molar-refractivity contribution is -0.130. The molecule has 0 saturated carbocycles. The van der Waals surface area contributed by atoms with Crippen molar-refractivity contribution in [1.29, 1.82) is 0 Å². The Hall–Kier alpha value is -2.89. The van der Waals surface area contributed by atoms with Gasteiger partial charge in [0.15, 0.2) is 0 Å². The molecule has 3 aromatic rings. The normalized spacial score (nSPS) is 16.0. The summed E-state index contributed by atoms with van der Waals surface area (Å²) in [5.41, 5.74) is 2.58. The van der Waals surface area contributed by atoms with Gasteiger partial charge in [-0.2, -0.15) is 0 Å². The maximum atomic E-state index is 11.9. The molecule has 0 aliphatic carbocycles. The molecule has 1 unspecified atom stereocenters. The van der Waals surface area contributed by atoms with Crippen molar-refractivity contribution in [3.63, 3.8) is 0 Å². The lowest BCUT2D eigenvalue weighted by Gasteiger charge is -2.18. The summed E-state index contributed by atoms with van der Waals surface area (Å²) < 4.78 is 11.1. The molecule has 0 bridgehead atoms. The number of carbonyl (C=O) groups excluding carboxylic acids is 1. The number of carbonyl (C=O) groups is 1. The first-order chi connectivity index (χ1) is 15.2. The Bertz CT molecular complexity index is 992. The highest BCUT2D eigenvalue weighted by Gasteiger charge is 2.22. The minimum atomic E-state index is -0.287. The molecule has 1 aliphatic heterocycles. The second-order valence-corrected chi connectivity index (χ2v) is 8.10. The molecular weight excluding hydrogens is 388 g/mol. The van der Waals surface area contributed by atoms with E-state index in [1.807, 2.05) is 12.1 Å². The number of fused-ring (bicyclic) bond motifs is 1. The van der Waals surface area contributed by atoms with Crippen molar-refractivity contribution in [2.24, 2.45) is 0 Å². The number of nitrogens with one attached hydrogen (secondary N) is 1. The molecule has 1 fully saturated rings. The molecule has 4 rings (SSSR count). The van der Waals surface area contributed by atoms with Crippen LogP contribution in [-0.4, -0.2) is 43.7 Å². The first-order valence-electron chi connectivity index (χ1n) is 11.0. The highest BCUT2D eigenvalue weighted by atomic mass is 16.5. The molecule has 162 valence electrons. The largest absolute Gasteiger partial charge is 0.492 e. The maximum Gasteiger partial charge on any atom is 0.249 e. The topological polar surface area (TPSA) is 50.8 Å². The van der Waals surface area contributed by atoms with Crippen molar-refractivity contribution in [3.8, 4) is 5.75 Å². The lowest BCUT2D eigenvalue weighted by atomic mass is 10.0. The van der Waals surface area contributed by atoms with Gasteiger partial charge in [0.25, 0.3) is 0 Å². The summed E-state index contributed by atoms with van der Waals surface area (Å²) in [4.78, 5) is 14.2. The van der Waals surface area contributed by atoms with Gasteiger partial charge in [0.2, 0.25) is 5.91 Å². The van der Waals surface area contributed by atoms with Crippen molar-refractivity contribution in [3.05, 3.63) is 77.9 Å². The molecule has 5 heteroatoms. The molecule has 0 aromatic heterocycles. The minimum Gasteiger partial charge on any atom is -0.492 e. The van der Waals surface area contributed by atoms with Gasteiger partial charge in [0, 0.05) is 19.7 Å². The second-order valence-electron chi connectivity index (χ2n) is 8.10. The van der Waals surface area contributed by atoms with Gasteiger partial charge in [-0.25, -0.2) is 0 Å². The molecule has 1 N–H and O–H groups in total. The van der Waals surface area contributed by atoms with Gasteiger partial charge in [-0.1, -0.05) is 54.6 Å². The van der Waals surface area contributed by atoms with Crippen molar-refractivity contribution in [1.82, 2.24) is 10.2 Å². The molecule has 1 atom stereocenters. The third-order valence-electron chi connectivity index (χ3n) is 5.59. The Morgan fingerprint density at radius 3 is 2.68 bits per heavy atom. The summed E-state index contributed by atoms with van der Waals surface area (Å²) in [7, 11) is 2.14. The van der Waals surface area contributed by atoms with Crippen LogP contribution >= 0.6 is 0 Å². The van der Waals surface area contributed by atoms with Gasteiger partial charge in [-0.15, -0.1) is 0 Å². The molecule has 1 saturated heterocycles. The zero-order valence-corrected chi connectivity index (χ0v) is 18.0. The number of rotatable bonds is 9. The van der Waals surface area contributed by atoms with E-state index in [0.717, 1.165) is 31.7 Å². The van der Waals surface area contributed by atoms with Crippen LogP contribution in [0.5, 0.6) is 5.75 Å². The molecule has 31 heavy (non-hydrogen) atoms. The Labute approximate surface area is 184 Å². The lowest BCUT2D eigenvalue weighted by Crippen LogP contribution is -2.36. The number of hydrogen-bond donors (Lipinski definition) is 1. The molecule has 1 amide bonds. The van der Waals surface area contributed by atoms with Crippen LogP contribution in [-0.2, 0) is 22.6 Å². The summed E-state index contributed by atoms with van der Waals surface area (Å²) >= 11 is 0. The number of hydrogen-bond acceptors (Lipinski definition) is 4. The Kier molecular flexibility index (Phi) is 7.18. The van der Waals surface area contributed by atoms with Crippen molar-refractivity contribution in [2.75, 3.05) is 26.8 Å². The standard InChI is InChI=1S/C26H30N2O3/c1-28(19-22-8-4-7-21-6-2-3-9-24(21)22)18-20-11-13-23(14-12-20)30-17-15-27-26(29)25-10-5-16-31-25/h2-4,6-9,11-14,25H,5,10,15-19H2,1H3,(H,27,29). The van der Waals surface area contributed by atoms with Crippen LogP contribution in [0.15, 0.2) is 66.7 Å². The van der Waals surface area contributed by atoms with Gasteiger partial charge < -0.3 is 14.8 Å². The van der Waals surface area contributed by atoms with Gasteiger partial charge >= 0.3 is 0 Å². The Morgan fingerprint density at radius 2 is 1.87 bits per heavy atom. The zero-order valence-electron chi connectivity index (χ0n) is 18.0. The highest BCUT2D eigenvalue weighted by Crippen LogP contribution is 2.21. The van der Waals surface area contributed by atoms with Gasteiger partial charge in [0.05, 0.1) is 6.54 Å². The van der Waals surface area contributed by atoms with Crippen molar-refractivity contribution in [2.45, 2.75) is 32.0 Å². The fourth-order valence-corrected chi connectivity index (χ4v) is 4.02. The van der Waals surface area contributed by atoms with E-state index >= 15 is 0 Å². The number of ether oxygens (including phenoxy) is 2. The monoisotopic (exact) mass is 418 g/mol. The molecule has 0 spiro atoms. The predicted molar refractivity (Wildman–Crippen MR) is 123 cm³/mol. The van der Waals surface area contributed by atoms with Crippen LogP contribution in [0.4, 0.5) is 0 Å². The molecular formula is C26H30N2O3. The van der Waals surface area contributed by atoms with Crippen LogP contribution in [0.2, 0.25) is 0 Å². The Morgan fingerprint density at radius 1 is 1.06 bits per heavy atom. The van der Waals surface area contributed by atoms with E-state index in [1.54, 1.807) is 0 Å². The summed E-state index contributed by atoms with van der Waals surface area (Å²) in [5, 5.41) is 5.46. The summed E-state index contributed by atoms with van der Waals surface area (Å²) in [6.45, 7) is 3.36. The first kappa shape index (κ1) is 21.3. The smallest absolute Gasteiger partial charge is 0.249 e. The van der Waals surface area contributed by atoms with Gasteiger partial charge in [-0.3, -0.25) is 9.69 Å². The maximum absolute atomic E-state index is 11.9. The first-order valence-corrected chi connectivity index (χ1v) is 11.0. The average Bonchev–Trinajstić information content (AvgIpc) is 3.33. The SMILES string of the molecule is CN(Cc1ccc(OCCNC(=O)C2CCCO2)cc1)Cc1cccc2ccccc12. The van der Waals surface area contributed by atoms with E-state index < -0.39 is 0 Å². The van der Waals surface area contributed by atoms with E-state index in [-0.39, 0.29) is 12.0 Å². The van der Waals surface area contributed by atoms with Crippen molar-refractivity contribution >= 4 is 16.7 Å². The summed E-state index contributed by atoms with van der Waals surface area (Å²) in [6.07, 6.45) is 1.48. The molecule has 5 nitrogen and oxygen atoms in total.